The molecule has 9 nitrogen and oxygen atoms in total. The Balaban J connectivity index is 1.59. The van der Waals surface area contributed by atoms with Crippen molar-refractivity contribution in [3.8, 4) is 23.4 Å². The lowest BCUT2D eigenvalue weighted by atomic mass is 9.93. The summed E-state index contributed by atoms with van der Waals surface area (Å²) in [6.07, 6.45) is 0.135. The lowest BCUT2D eigenvalue weighted by Crippen LogP contribution is -2.29. The number of fused-ring (bicyclic) bond motifs is 1. The molecule has 2 unspecified atom stereocenters. The van der Waals surface area contributed by atoms with Gasteiger partial charge in [-0.25, -0.2) is 9.97 Å². The molecule has 4 rings (SSSR count). The van der Waals surface area contributed by atoms with Gasteiger partial charge in [-0.3, -0.25) is 14.9 Å². The number of ether oxygens (including phenoxy) is 2. The Kier molecular flexibility index (Phi) is 7.74. The van der Waals surface area contributed by atoms with Gasteiger partial charge in [0.25, 0.3) is 0 Å². The van der Waals surface area contributed by atoms with E-state index in [9.17, 15) is 20.2 Å². The molecule has 0 fully saturated rings. The fourth-order valence-electron chi connectivity index (χ4n) is 3.45. The van der Waals surface area contributed by atoms with Gasteiger partial charge in [-0.2, -0.15) is 5.26 Å². The van der Waals surface area contributed by atoms with Gasteiger partial charge in [0, 0.05) is 27.2 Å². The van der Waals surface area contributed by atoms with Crippen molar-refractivity contribution in [3.05, 3.63) is 91.5 Å². The molecule has 0 spiro atoms. The number of nitro groups is 1. The maximum absolute atomic E-state index is 13.1. The number of hydrogen-bond donors (Lipinski definition) is 0. The maximum Gasteiger partial charge on any atom is 0.311 e. The zero-order valence-electron chi connectivity index (χ0n) is 18.9. The topological polar surface area (TPSA) is 128 Å². The minimum Gasteiger partial charge on any atom is -0.476 e. The predicted molar refractivity (Wildman–Crippen MR) is 138 cm³/mol. The summed E-state index contributed by atoms with van der Waals surface area (Å²) in [7, 11) is 0. The molecule has 37 heavy (non-hydrogen) atoms. The van der Waals surface area contributed by atoms with Crippen LogP contribution in [-0.4, -0.2) is 26.8 Å². The Morgan fingerprint density at radius 2 is 1.78 bits per heavy atom. The van der Waals surface area contributed by atoms with Crippen LogP contribution < -0.4 is 9.47 Å². The zero-order chi connectivity index (χ0) is 26.7. The highest BCUT2D eigenvalue weighted by Crippen LogP contribution is 2.35. The van der Waals surface area contributed by atoms with E-state index in [1.54, 1.807) is 18.2 Å². The quantitative estimate of drug-likeness (QED) is 0.168. The number of aromatic nitrogens is 2. The fourth-order valence-corrected chi connectivity index (χ4v) is 4.13. The van der Waals surface area contributed by atoms with E-state index in [4.69, 9.17) is 44.3 Å². The van der Waals surface area contributed by atoms with Crippen LogP contribution in [0.15, 0.2) is 60.8 Å². The molecule has 3 aromatic carbocycles. The molecule has 0 saturated carbocycles. The molecule has 0 aliphatic rings. The predicted octanol–water partition coefficient (Wildman–Crippen LogP) is 6.93. The van der Waals surface area contributed by atoms with E-state index in [1.807, 2.05) is 6.07 Å². The highest BCUT2D eigenvalue weighted by Gasteiger charge is 2.30. The number of nitro benzene ring substituents is 1. The van der Waals surface area contributed by atoms with Crippen LogP contribution in [0.1, 0.15) is 18.4 Å². The molecule has 1 aromatic heterocycles. The second-order valence-corrected chi connectivity index (χ2v) is 9.00. The van der Waals surface area contributed by atoms with Gasteiger partial charge in [-0.1, -0.05) is 40.9 Å². The Morgan fingerprint density at radius 1 is 1.05 bits per heavy atom. The van der Waals surface area contributed by atoms with Crippen LogP contribution in [-0.2, 0) is 4.79 Å². The van der Waals surface area contributed by atoms with Crippen molar-refractivity contribution in [1.29, 1.82) is 5.26 Å². The molecule has 0 aliphatic carbocycles. The highest BCUT2D eigenvalue weighted by atomic mass is 35.5. The molecule has 0 amide bonds. The number of benzene rings is 3. The van der Waals surface area contributed by atoms with Crippen LogP contribution in [0.4, 0.5) is 5.69 Å². The number of nitrogens with zero attached hydrogens (tertiary/aromatic N) is 4. The number of nitriles is 1. The summed E-state index contributed by atoms with van der Waals surface area (Å²) in [5.41, 5.74) is 0.941. The summed E-state index contributed by atoms with van der Waals surface area (Å²) in [6.45, 7) is 1.38. The third-order valence-corrected chi connectivity index (χ3v) is 6.02. The highest BCUT2D eigenvalue weighted by molar-refractivity contribution is 6.35. The van der Waals surface area contributed by atoms with Crippen molar-refractivity contribution in [3.63, 3.8) is 0 Å². The summed E-state index contributed by atoms with van der Waals surface area (Å²) in [6, 6.07) is 15.1. The van der Waals surface area contributed by atoms with Crippen LogP contribution >= 0.6 is 34.8 Å². The summed E-state index contributed by atoms with van der Waals surface area (Å²) >= 11 is 18.0. The Labute approximate surface area is 225 Å². The van der Waals surface area contributed by atoms with Crippen molar-refractivity contribution in [1.82, 2.24) is 9.97 Å². The molecular weight excluding hydrogens is 543 g/mol. The number of Topliss-reactive ketones (excluding diaryl/α,β-unsaturated/α-hetero) is 1. The third-order valence-electron chi connectivity index (χ3n) is 5.22. The normalized spacial score (nSPS) is 12.4. The number of carbonyl (C=O) groups is 1. The van der Waals surface area contributed by atoms with Crippen molar-refractivity contribution in [2.24, 2.45) is 0 Å². The first kappa shape index (κ1) is 26.1. The molecule has 0 saturated heterocycles. The van der Waals surface area contributed by atoms with E-state index in [2.05, 4.69) is 9.97 Å². The first-order chi connectivity index (χ1) is 17.7. The minimum atomic E-state index is -1.28. The number of hydrogen-bond acceptors (Lipinski definition) is 8. The summed E-state index contributed by atoms with van der Waals surface area (Å²) < 4.78 is 11.4. The molecule has 2 atom stereocenters. The number of halogens is 3. The van der Waals surface area contributed by atoms with Crippen molar-refractivity contribution in [2.75, 3.05) is 0 Å². The summed E-state index contributed by atoms with van der Waals surface area (Å²) in [5.74, 6) is -1.88. The molecular formula is C25H15Cl3N4O5. The van der Waals surface area contributed by atoms with Crippen LogP contribution in [0.2, 0.25) is 15.1 Å². The van der Waals surface area contributed by atoms with E-state index in [0.717, 1.165) is 0 Å². The third kappa shape index (κ3) is 5.89. The second kappa shape index (κ2) is 11.0. The van der Waals surface area contributed by atoms with Gasteiger partial charge >= 0.3 is 5.69 Å². The van der Waals surface area contributed by atoms with Gasteiger partial charge in [0.1, 0.15) is 11.7 Å². The number of rotatable bonds is 8. The van der Waals surface area contributed by atoms with E-state index in [-0.39, 0.29) is 28.0 Å². The Hall–Kier alpha value is -3.97. The average Bonchev–Trinajstić information content (AvgIpc) is 2.85. The second-order valence-electron chi connectivity index (χ2n) is 7.72. The SMILES string of the molecule is CC(Oc1cc(Oc2cnc3cc(Cl)ccc3n2)ccc1[N+](=O)[O-])C(=O)C(C#N)c1ccc(Cl)cc1Cl. The molecule has 4 aromatic rings. The first-order valence-corrected chi connectivity index (χ1v) is 11.7. The molecule has 0 aliphatic heterocycles. The molecule has 0 bridgehead atoms. The summed E-state index contributed by atoms with van der Waals surface area (Å²) in [4.78, 5) is 32.6. The smallest absolute Gasteiger partial charge is 0.311 e. The average molecular weight is 558 g/mol. The standard InChI is InChI=1S/C25H15Cl3N4O5/c1-13(25(33)18(11-29)17-5-2-14(26)8-19(17)28)36-23-10-16(4-7-22(23)32(34)35)37-24-12-30-21-9-15(27)3-6-20(21)31-24/h2-10,12-13,18H,1H3. The van der Waals surface area contributed by atoms with E-state index < -0.39 is 28.4 Å². The van der Waals surface area contributed by atoms with Gasteiger partial charge < -0.3 is 9.47 Å². The molecule has 0 N–H and O–H groups in total. The Bertz CT molecular complexity index is 1570. The van der Waals surface area contributed by atoms with Crippen molar-refractivity contribution >= 4 is 57.3 Å². The van der Waals surface area contributed by atoms with Gasteiger partial charge in [-0.05, 0) is 48.9 Å². The fraction of sp³-hybridized carbons (Fsp3) is 0.120. The molecule has 0 radical (unpaired) electrons. The van der Waals surface area contributed by atoms with Gasteiger partial charge in [0.05, 0.1) is 28.2 Å². The van der Waals surface area contributed by atoms with Crippen LogP contribution in [0.5, 0.6) is 17.4 Å². The molecule has 1 heterocycles. The lowest BCUT2D eigenvalue weighted by Gasteiger charge is -2.18. The lowest BCUT2D eigenvalue weighted by molar-refractivity contribution is -0.386. The number of ketones is 1. The van der Waals surface area contributed by atoms with Crippen molar-refractivity contribution in [2.45, 2.75) is 18.9 Å². The number of carbonyl (C=O) groups excluding carboxylic acids is 1. The van der Waals surface area contributed by atoms with E-state index in [1.165, 1.54) is 49.5 Å². The van der Waals surface area contributed by atoms with Gasteiger partial charge in [0.15, 0.2) is 11.9 Å². The van der Waals surface area contributed by atoms with Crippen molar-refractivity contribution < 1.29 is 19.2 Å². The molecule has 186 valence electrons. The monoisotopic (exact) mass is 556 g/mol. The van der Waals surface area contributed by atoms with E-state index >= 15 is 0 Å². The van der Waals surface area contributed by atoms with Crippen LogP contribution in [0.3, 0.4) is 0 Å². The van der Waals surface area contributed by atoms with Gasteiger partial charge in [0.2, 0.25) is 11.6 Å². The Morgan fingerprint density at radius 3 is 2.49 bits per heavy atom. The molecule has 12 heteroatoms. The zero-order valence-corrected chi connectivity index (χ0v) is 21.2. The van der Waals surface area contributed by atoms with Gasteiger partial charge in [-0.15, -0.1) is 0 Å². The summed E-state index contributed by atoms with van der Waals surface area (Å²) in [5, 5.41) is 22.2. The van der Waals surface area contributed by atoms with Crippen LogP contribution in [0.25, 0.3) is 11.0 Å². The first-order valence-electron chi connectivity index (χ1n) is 10.6. The minimum absolute atomic E-state index is 0.126. The largest absolute Gasteiger partial charge is 0.476 e. The van der Waals surface area contributed by atoms with E-state index in [0.29, 0.717) is 21.1 Å². The van der Waals surface area contributed by atoms with Crippen LogP contribution in [0, 0.1) is 21.4 Å². The maximum atomic E-state index is 13.1.